The molecule has 0 aliphatic carbocycles. The third kappa shape index (κ3) is 8.91. The van der Waals surface area contributed by atoms with E-state index in [0.717, 1.165) is 0 Å². The number of rotatable bonds is 11. The number of aromatic hydroxyl groups is 1. The minimum absolute atomic E-state index is 0.0451. The first-order chi connectivity index (χ1) is 14.0. The zero-order valence-electron chi connectivity index (χ0n) is 17.3. The number of amides is 3. The predicted octanol–water partition coefficient (Wildman–Crippen LogP) is -0.502. The molecule has 0 fully saturated rings. The maximum absolute atomic E-state index is 12.5. The minimum Gasteiger partial charge on any atom is -0.508 e. The predicted molar refractivity (Wildman–Crippen MR) is 109 cm³/mol. The molecule has 0 aliphatic rings. The fourth-order valence-electron chi connectivity index (χ4n) is 2.61. The van der Waals surface area contributed by atoms with Crippen LogP contribution >= 0.6 is 0 Å². The molecule has 166 valence electrons. The van der Waals surface area contributed by atoms with Gasteiger partial charge >= 0.3 is 5.97 Å². The molecule has 3 unspecified atom stereocenters. The van der Waals surface area contributed by atoms with Gasteiger partial charge in [0, 0.05) is 6.42 Å². The van der Waals surface area contributed by atoms with Gasteiger partial charge in [-0.1, -0.05) is 26.0 Å². The third-order valence-electron chi connectivity index (χ3n) is 4.24. The van der Waals surface area contributed by atoms with Crippen LogP contribution in [-0.2, 0) is 25.6 Å². The summed E-state index contributed by atoms with van der Waals surface area (Å²) in [5.74, 6) is -2.74. The Kier molecular flexibility index (Phi) is 9.76. The highest BCUT2D eigenvalue weighted by Crippen LogP contribution is 2.11. The second-order valence-corrected chi connectivity index (χ2v) is 7.51. The topological polar surface area (TPSA) is 171 Å². The van der Waals surface area contributed by atoms with Gasteiger partial charge < -0.3 is 31.9 Å². The quantitative estimate of drug-likeness (QED) is 0.279. The standard InChI is InChI=1S/C20H30N4O6/c1-11(2)8-15(21)18(27)22-10-17(26)24-16(19(28)23-12(3)20(29)30)9-13-4-6-14(25)7-5-13/h4-7,11-12,15-16,25H,8-10,21H2,1-3H3,(H,22,27)(H,23,28)(H,24,26)(H,29,30). The van der Waals surface area contributed by atoms with Gasteiger partial charge in [-0.05, 0) is 37.0 Å². The van der Waals surface area contributed by atoms with Crippen LogP contribution < -0.4 is 21.7 Å². The summed E-state index contributed by atoms with van der Waals surface area (Å²) in [6, 6.07) is 3.05. The molecule has 1 aromatic rings. The van der Waals surface area contributed by atoms with Crippen molar-refractivity contribution in [3.63, 3.8) is 0 Å². The van der Waals surface area contributed by atoms with Crippen molar-refractivity contribution in [3.05, 3.63) is 29.8 Å². The fourth-order valence-corrected chi connectivity index (χ4v) is 2.61. The molecule has 30 heavy (non-hydrogen) atoms. The smallest absolute Gasteiger partial charge is 0.325 e. The minimum atomic E-state index is -1.22. The molecule has 0 radical (unpaired) electrons. The Balaban J connectivity index is 2.77. The summed E-state index contributed by atoms with van der Waals surface area (Å²) in [6.45, 7) is 4.77. The number of carbonyl (C=O) groups excluding carboxylic acids is 3. The van der Waals surface area contributed by atoms with Crippen LogP contribution in [0.4, 0.5) is 0 Å². The first kappa shape index (κ1) is 24.9. The van der Waals surface area contributed by atoms with Gasteiger partial charge in [0.2, 0.25) is 17.7 Å². The van der Waals surface area contributed by atoms with E-state index < -0.39 is 41.8 Å². The van der Waals surface area contributed by atoms with Gasteiger partial charge in [0.05, 0.1) is 12.6 Å². The molecule has 0 saturated carbocycles. The average Bonchev–Trinajstić information content (AvgIpc) is 2.66. The van der Waals surface area contributed by atoms with Crippen molar-refractivity contribution in [1.29, 1.82) is 0 Å². The molecule has 0 bridgehead atoms. The molecule has 10 nitrogen and oxygen atoms in total. The molecule has 10 heteroatoms. The first-order valence-corrected chi connectivity index (χ1v) is 9.63. The lowest BCUT2D eigenvalue weighted by Crippen LogP contribution is -2.54. The van der Waals surface area contributed by atoms with Crippen LogP contribution in [0.1, 0.15) is 32.8 Å². The lowest BCUT2D eigenvalue weighted by Gasteiger charge is -2.21. The number of hydrogen-bond acceptors (Lipinski definition) is 6. The van der Waals surface area contributed by atoms with Gasteiger partial charge in [0.25, 0.3) is 0 Å². The van der Waals surface area contributed by atoms with Crippen molar-refractivity contribution < 1.29 is 29.4 Å². The first-order valence-electron chi connectivity index (χ1n) is 9.63. The zero-order chi connectivity index (χ0) is 22.8. The van der Waals surface area contributed by atoms with Gasteiger partial charge in [-0.3, -0.25) is 19.2 Å². The maximum Gasteiger partial charge on any atom is 0.325 e. The van der Waals surface area contributed by atoms with E-state index in [1.54, 1.807) is 12.1 Å². The van der Waals surface area contributed by atoms with E-state index in [1.807, 2.05) is 13.8 Å². The largest absolute Gasteiger partial charge is 0.508 e. The summed E-state index contributed by atoms with van der Waals surface area (Å²) in [5.41, 5.74) is 6.41. The zero-order valence-corrected chi connectivity index (χ0v) is 17.3. The summed E-state index contributed by atoms with van der Waals surface area (Å²) in [5, 5.41) is 25.6. The molecular weight excluding hydrogens is 392 g/mol. The molecule has 3 amide bonds. The molecular formula is C20H30N4O6. The summed E-state index contributed by atoms with van der Waals surface area (Å²) < 4.78 is 0. The number of nitrogens with two attached hydrogens (primary N) is 1. The van der Waals surface area contributed by atoms with Crippen molar-refractivity contribution in [3.8, 4) is 5.75 Å². The number of phenolic OH excluding ortho intramolecular Hbond substituents is 1. The number of nitrogens with one attached hydrogen (secondary N) is 3. The SMILES string of the molecule is CC(C)CC(N)C(=O)NCC(=O)NC(Cc1ccc(O)cc1)C(=O)NC(C)C(=O)O. The maximum atomic E-state index is 12.5. The Hall–Kier alpha value is -3.14. The van der Waals surface area contributed by atoms with E-state index in [9.17, 15) is 24.3 Å². The second-order valence-electron chi connectivity index (χ2n) is 7.51. The Morgan fingerprint density at radius 1 is 1.00 bits per heavy atom. The van der Waals surface area contributed by atoms with E-state index >= 15 is 0 Å². The number of carboxylic acid groups (broad SMARTS) is 1. The van der Waals surface area contributed by atoms with Crippen LogP contribution in [0, 0.1) is 5.92 Å². The van der Waals surface area contributed by atoms with Crippen LogP contribution in [0.2, 0.25) is 0 Å². The van der Waals surface area contributed by atoms with Gasteiger partial charge in [-0.25, -0.2) is 0 Å². The Labute approximate surface area is 175 Å². The number of aliphatic carboxylic acids is 1. The normalized spacial score (nSPS) is 13.8. The second kappa shape index (κ2) is 11.8. The molecule has 0 aromatic heterocycles. The Bertz CT molecular complexity index is 750. The highest BCUT2D eigenvalue weighted by molar-refractivity contribution is 5.92. The molecule has 1 aromatic carbocycles. The summed E-state index contributed by atoms with van der Waals surface area (Å²) >= 11 is 0. The van der Waals surface area contributed by atoms with Crippen molar-refractivity contribution >= 4 is 23.7 Å². The van der Waals surface area contributed by atoms with E-state index in [1.165, 1.54) is 19.1 Å². The average molecular weight is 422 g/mol. The third-order valence-corrected chi connectivity index (χ3v) is 4.24. The van der Waals surface area contributed by atoms with Gasteiger partial charge in [0.15, 0.2) is 0 Å². The number of carboxylic acids is 1. The van der Waals surface area contributed by atoms with E-state index in [-0.39, 0.29) is 24.6 Å². The van der Waals surface area contributed by atoms with Crippen LogP contribution in [-0.4, -0.2) is 58.6 Å². The van der Waals surface area contributed by atoms with Crippen molar-refractivity contribution in [2.24, 2.45) is 11.7 Å². The molecule has 1 rings (SSSR count). The van der Waals surface area contributed by atoms with Crippen LogP contribution in [0.5, 0.6) is 5.75 Å². The fraction of sp³-hybridized carbons (Fsp3) is 0.500. The van der Waals surface area contributed by atoms with Crippen molar-refractivity contribution in [1.82, 2.24) is 16.0 Å². The molecule has 0 spiro atoms. The van der Waals surface area contributed by atoms with Gasteiger partial charge in [-0.15, -0.1) is 0 Å². The number of benzene rings is 1. The summed E-state index contributed by atoms with van der Waals surface area (Å²) in [7, 11) is 0. The van der Waals surface area contributed by atoms with Crippen LogP contribution in [0.25, 0.3) is 0 Å². The van der Waals surface area contributed by atoms with Crippen LogP contribution in [0.15, 0.2) is 24.3 Å². The Morgan fingerprint density at radius 3 is 2.13 bits per heavy atom. The number of hydrogen-bond donors (Lipinski definition) is 6. The van der Waals surface area contributed by atoms with E-state index in [4.69, 9.17) is 10.8 Å². The van der Waals surface area contributed by atoms with Crippen LogP contribution in [0.3, 0.4) is 0 Å². The molecule has 3 atom stereocenters. The van der Waals surface area contributed by atoms with E-state index in [2.05, 4.69) is 16.0 Å². The lowest BCUT2D eigenvalue weighted by molar-refractivity contribution is -0.141. The molecule has 0 saturated heterocycles. The summed E-state index contributed by atoms with van der Waals surface area (Å²) in [6.07, 6.45) is 0.525. The molecule has 0 heterocycles. The number of phenols is 1. The van der Waals surface area contributed by atoms with Gasteiger partial charge in [0.1, 0.15) is 17.8 Å². The highest BCUT2D eigenvalue weighted by atomic mass is 16.4. The van der Waals surface area contributed by atoms with E-state index in [0.29, 0.717) is 12.0 Å². The monoisotopic (exact) mass is 422 g/mol. The lowest BCUT2D eigenvalue weighted by atomic mass is 10.0. The summed E-state index contributed by atoms with van der Waals surface area (Å²) in [4.78, 5) is 47.7. The van der Waals surface area contributed by atoms with Crippen molar-refractivity contribution in [2.45, 2.75) is 51.7 Å². The highest BCUT2D eigenvalue weighted by Gasteiger charge is 2.25. The molecule has 7 N–H and O–H groups in total. The Morgan fingerprint density at radius 2 is 1.60 bits per heavy atom. The number of carbonyl (C=O) groups is 4. The van der Waals surface area contributed by atoms with Crippen molar-refractivity contribution in [2.75, 3.05) is 6.54 Å². The molecule has 0 aliphatic heterocycles. The van der Waals surface area contributed by atoms with Gasteiger partial charge in [-0.2, -0.15) is 0 Å².